The molecular formula is C9H10ClNO2. The van der Waals surface area contributed by atoms with Gasteiger partial charge in [-0.25, -0.2) is 0 Å². The number of hydrogen-bond acceptors (Lipinski definition) is 3. The standard InChI is InChI=1S/C9H10ClNO2/c10-8-2-1-6(12)5-7(8)9(13)3-4-11/h1-2,5,12H,3-4,11H2. The van der Waals surface area contributed by atoms with Gasteiger partial charge in [0.2, 0.25) is 0 Å². The third-order valence-corrected chi connectivity index (χ3v) is 1.95. The molecule has 0 saturated carbocycles. The van der Waals surface area contributed by atoms with E-state index < -0.39 is 0 Å². The molecule has 0 aliphatic rings. The number of hydrogen-bond donors (Lipinski definition) is 2. The molecule has 3 nitrogen and oxygen atoms in total. The van der Waals surface area contributed by atoms with Gasteiger partial charge in [-0.15, -0.1) is 0 Å². The number of rotatable bonds is 3. The number of carbonyl (C=O) groups excluding carboxylic acids is 1. The van der Waals surface area contributed by atoms with Crippen LogP contribution < -0.4 is 5.73 Å². The molecular weight excluding hydrogens is 190 g/mol. The van der Waals surface area contributed by atoms with Crippen LogP contribution in [0, 0.1) is 0 Å². The van der Waals surface area contributed by atoms with E-state index in [9.17, 15) is 4.79 Å². The van der Waals surface area contributed by atoms with Crippen molar-refractivity contribution in [1.82, 2.24) is 0 Å². The first-order valence-electron chi connectivity index (χ1n) is 3.87. The highest BCUT2D eigenvalue weighted by Crippen LogP contribution is 2.22. The van der Waals surface area contributed by atoms with Crippen molar-refractivity contribution in [3.8, 4) is 5.75 Å². The summed E-state index contributed by atoms with van der Waals surface area (Å²) in [5.41, 5.74) is 5.55. The largest absolute Gasteiger partial charge is 0.508 e. The summed E-state index contributed by atoms with van der Waals surface area (Å²) in [4.78, 5) is 11.3. The molecule has 0 unspecified atom stereocenters. The first kappa shape index (κ1) is 10.0. The lowest BCUT2D eigenvalue weighted by Crippen LogP contribution is -2.08. The number of aromatic hydroxyl groups is 1. The molecule has 13 heavy (non-hydrogen) atoms. The van der Waals surface area contributed by atoms with Crippen LogP contribution in [0.3, 0.4) is 0 Å². The minimum Gasteiger partial charge on any atom is -0.508 e. The van der Waals surface area contributed by atoms with Crippen molar-refractivity contribution in [1.29, 1.82) is 0 Å². The number of Topliss-reactive ketones (excluding diaryl/α,β-unsaturated/α-hetero) is 1. The maximum absolute atomic E-state index is 11.3. The average molecular weight is 200 g/mol. The zero-order valence-electron chi connectivity index (χ0n) is 6.96. The van der Waals surface area contributed by atoms with E-state index >= 15 is 0 Å². The summed E-state index contributed by atoms with van der Waals surface area (Å²) in [6.45, 7) is 0.283. The van der Waals surface area contributed by atoms with Gasteiger partial charge in [-0.2, -0.15) is 0 Å². The Morgan fingerprint density at radius 1 is 1.54 bits per heavy atom. The third kappa shape index (κ3) is 2.44. The molecule has 0 atom stereocenters. The van der Waals surface area contributed by atoms with Crippen LogP contribution in [-0.2, 0) is 0 Å². The lowest BCUT2D eigenvalue weighted by Gasteiger charge is -2.02. The monoisotopic (exact) mass is 199 g/mol. The fourth-order valence-corrected chi connectivity index (χ4v) is 1.22. The van der Waals surface area contributed by atoms with Crippen LogP contribution in [0.1, 0.15) is 16.8 Å². The van der Waals surface area contributed by atoms with Crippen LogP contribution in [0.4, 0.5) is 0 Å². The molecule has 0 fully saturated rings. The maximum Gasteiger partial charge on any atom is 0.165 e. The summed E-state index contributed by atoms with van der Waals surface area (Å²) < 4.78 is 0. The molecule has 3 N–H and O–H groups in total. The minimum atomic E-state index is -0.150. The fraction of sp³-hybridized carbons (Fsp3) is 0.222. The maximum atomic E-state index is 11.3. The van der Waals surface area contributed by atoms with Gasteiger partial charge in [0.1, 0.15) is 5.75 Å². The first-order chi connectivity index (χ1) is 6.15. The Balaban J connectivity index is 2.99. The number of ketones is 1. The summed E-state index contributed by atoms with van der Waals surface area (Å²) in [5, 5.41) is 9.46. The zero-order valence-corrected chi connectivity index (χ0v) is 7.71. The van der Waals surface area contributed by atoms with E-state index in [1.165, 1.54) is 18.2 Å². The quantitative estimate of drug-likeness (QED) is 0.727. The molecule has 0 aliphatic heterocycles. The summed E-state index contributed by atoms with van der Waals surface area (Å²) in [5.74, 6) is -0.117. The third-order valence-electron chi connectivity index (χ3n) is 1.62. The Morgan fingerprint density at radius 2 is 2.23 bits per heavy atom. The number of phenols is 1. The van der Waals surface area contributed by atoms with Gasteiger partial charge >= 0.3 is 0 Å². The van der Waals surface area contributed by atoms with Crippen LogP contribution in [-0.4, -0.2) is 17.4 Å². The topological polar surface area (TPSA) is 63.3 Å². The van der Waals surface area contributed by atoms with Gasteiger partial charge in [-0.3, -0.25) is 4.79 Å². The predicted molar refractivity (Wildman–Crippen MR) is 51.1 cm³/mol. The molecule has 0 heterocycles. The van der Waals surface area contributed by atoms with Crippen molar-refractivity contribution < 1.29 is 9.90 Å². The second-order valence-electron chi connectivity index (χ2n) is 2.63. The van der Waals surface area contributed by atoms with E-state index in [2.05, 4.69) is 0 Å². The molecule has 1 rings (SSSR count). The van der Waals surface area contributed by atoms with E-state index in [0.29, 0.717) is 10.6 Å². The van der Waals surface area contributed by atoms with Crippen molar-refractivity contribution in [2.45, 2.75) is 6.42 Å². The van der Waals surface area contributed by atoms with Crippen LogP contribution in [0.15, 0.2) is 18.2 Å². The van der Waals surface area contributed by atoms with Crippen molar-refractivity contribution in [2.75, 3.05) is 6.54 Å². The molecule has 1 aromatic carbocycles. The number of nitrogens with two attached hydrogens (primary N) is 1. The highest BCUT2D eigenvalue weighted by atomic mass is 35.5. The van der Waals surface area contributed by atoms with Gasteiger partial charge in [-0.1, -0.05) is 11.6 Å². The normalized spacial score (nSPS) is 10.0. The average Bonchev–Trinajstić information content (AvgIpc) is 2.09. The van der Waals surface area contributed by atoms with Gasteiger partial charge < -0.3 is 10.8 Å². The van der Waals surface area contributed by atoms with Crippen molar-refractivity contribution in [3.63, 3.8) is 0 Å². The van der Waals surface area contributed by atoms with Crippen LogP contribution in [0.25, 0.3) is 0 Å². The Hall–Kier alpha value is -1.06. The first-order valence-corrected chi connectivity index (χ1v) is 4.24. The van der Waals surface area contributed by atoms with Crippen molar-refractivity contribution >= 4 is 17.4 Å². The highest BCUT2D eigenvalue weighted by molar-refractivity contribution is 6.34. The van der Waals surface area contributed by atoms with Gasteiger partial charge in [-0.05, 0) is 24.7 Å². The number of benzene rings is 1. The van der Waals surface area contributed by atoms with Crippen LogP contribution >= 0.6 is 11.6 Å². The predicted octanol–water partition coefficient (Wildman–Crippen LogP) is 1.58. The molecule has 1 aromatic rings. The van der Waals surface area contributed by atoms with Crippen molar-refractivity contribution in [2.24, 2.45) is 5.73 Å². The Kier molecular flexibility index (Phi) is 3.28. The molecule has 4 heteroatoms. The van der Waals surface area contributed by atoms with E-state index in [-0.39, 0.29) is 24.5 Å². The zero-order chi connectivity index (χ0) is 9.84. The van der Waals surface area contributed by atoms with Gasteiger partial charge in [0.25, 0.3) is 0 Å². The smallest absolute Gasteiger partial charge is 0.165 e. The summed E-state index contributed by atoms with van der Waals surface area (Å²) >= 11 is 5.75. The second-order valence-corrected chi connectivity index (χ2v) is 3.03. The molecule has 0 radical (unpaired) electrons. The second kappa shape index (κ2) is 4.25. The molecule has 70 valence electrons. The number of carbonyl (C=O) groups is 1. The number of phenolic OH excluding ortho intramolecular Hbond substituents is 1. The molecule has 0 saturated heterocycles. The molecule has 0 aromatic heterocycles. The SMILES string of the molecule is NCCC(=O)c1cc(O)ccc1Cl. The summed E-state index contributed by atoms with van der Waals surface area (Å²) in [6, 6.07) is 4.27. The van der Waals surface area contributed by atoms with Gasteiger partial charge in [0, 0.05) is 12.0 Å². The van der Waals surface area contributed by atoms with Gasteiger partial charge in [0.05, 0.1) is 5.02 Å². The summed E-state index contributed by atoms with van der Waals surface area (Å²) in [6.07, 6.45) is 0.239. The fourth-order valence-electron chi connectivity index (χ4n) is 0.993. The van der Waals surface area contributed by atoms with E-state index in [4.69, 9.17) is 22.4 Å². The minimum absolute atomic E-state index is 0.0322. The molecule has 0 bridgehead atoms. The molecule has 0 amide bonds. The van der Waals surface area contributed by atoms with E-state index in [1.807, 2.05) is 0 Å². The van der Waals surface area contributed by atoms with E-state index in [1.54, 1.807) is 0 Å². The number of halogens is 1. The summed E-state index contributed by atoms with van der Waals surface area (Å²) in [7, 11) is 0. The Bertz CT molecular complexity index is 325. The van der Waals surface area contributed by atoms with Crippen molar-refractivity contribution in [3.05, 3.63) is 28.8 Å². The van der Waals surface area contributed by atoms with Gasteiger partial charge in [0.15, 0.2) is 5.78 Å². The van der Waals surface area contributed by atoms with Crippen LogP contribution in [0.5, 0.6) is 5.75 Å². The molecule has 0 aliphatic carbocycles. The lowest BCUT2D eigenvalue weighted by molar-refractivity contribution is 0.0985. The van der Waals surface area contributed by atoms with E-state index in [0.717, 1.165) is 0 Å². The highest BCUT2D eigenvalue weighted by Gasteiger charge is 2.09. The Morgan fingerprint density at radius 3 is 2.85 bits per heavy atom. The van der Waals surface area contributed by atoms with Crippen LogP contribution in [0.2, 0.25) is 5.02 Å². The molecule has 0 spiro atoms. The lowest BCUT2D eigenvalue weighted by atomic mass is 10.1. The Labute approximate surface area is 81.1 Å².